The molecule has 3 aromatic rings. The molecular formula is C26H34N6O2S. The van der Waals surface area contributed by atoms with E-state index in [1.165, 1.54) is 5.56 Å². The minimum Gasteiger partial charge on any atom is -0.365 e. The van der Waals surface area contributed by atoms with E-state index in [-0.39, 0.29) is 11.3 Å². The third kappa shape index (κ3) is 4.14. The molecule has 3 aliphatic rings. The van der Waals surface area contributed by atoms with Gasteiger partial charge in [0.25, 0.3) is 5.91 Å². The number of piperidine rings is 2. The predicted molar refractivity (Wildman–Crippen MR) is 143 cm³/mol. The van der Waals surface area contributed by atoms with Gasteiger partial charge in [-0.2, -0.15) is 12.6 Å². The fraction of sp³-hybridized carbons (Fsp3) is 0.500. The Morgan fingerprint density at radius 3 is 2.71 bits per heavy atom. The molecule has 186 valence electrons. The number of benzene rings is 1. The van der Waals surface area contributed by atoms with E-state index in [2.05, 4.69) is 51.3 Å². The highest BCUT2D eigenvalue weighted by atomic mass is 32.1. The summed E-state index contributed by atoms with van der Waals surface area (Å²) in [6.07, 6.45) is 8.23. The number of carbonyl (C=O) groups is 2. The first-order valence-electron chi connectivity index (χ1n) is 12.5. The van der Waals surface area contributed by atoms with Crippen LogP contribution < -0.4 is 21.3 Å². The molecule has 2 aromatic heterocycles. The topological polar surface area (TPSA) is 116 Å². The average molecular weight is 495 g/mol. The number of H-pyrrole nitrogens is 1. The van der Waals surface area contributed by atoms with Gasteiger partial charge in [-0.3, -0.25) is 9.59 Å². The summed E-state index contributed by atoms with van der Waals surface area (Å²) >= 11 is 3.53. The van der Waals surface area contributed by atoms with Crippen LogP contribution >= 0.6 is 12.6 Å². The van der Waals surface area contributed by atoms with Crippen LogP contribution in [0.2, 0.25) is 0 Å². The molecule has 3 aliphatic heterocycles. The van der Waals surface area contributed by atoms with Gasteiger partial charge in [-0.25, -0.2) is 4.98 Å². The molecule has 0 saturated carbocycles. The van der Waals surface area contributed by atoms with Crippen LogP contribution in [0.25, 0.3) is 21.8 Å². The molecule has 3 saturated heterocycles. The molecule has 5 heterocycles. The van der Waals surface area contributed by atoms with Gasteiger partial charge in [0.1, 0.15) is 5.82 Å². The van der Waals surface area contributed by atoms with Crippen LogP contribution in [0.3, 0.4) is 0 Å². The summed E-state index contributed by atoms with van der Waals surface area (Å²) in [6, 6.07) is 6.58. The maximum atomic E-state index is 12.7. The van der Waals surface area contributed by atoms with Crippen molar-refractivity contribution in [2.75, 3.05) is 43.9 Å². The van der Waals surface area contributed by atoms with Crippen molar-refractivity contribution in [3.05, 3.63) is 35.5 Å². The highest BCUT2D eigenvalue weighted by molar-refractivity contribution is 7.79. The zero-order valence-electron chi connectivity index (χ0n) is 20.2. The van der Waals surface area contributed by atoms with Gasteiger partial charge < -0.3 is 26.3 Å². The number of aromatic amines is 1. The minimum absolute atomic E-state index is 0.157. The number of nitrogens with zero attached hydrogens (tertiary/aromatic N) is 2. The van der Waals surface area contributed by atoms with Gasteiger partial charge in [0.15, 0.2) is 0 Å². The molecule has 5 N–H and O–H groups in total. The van der Waals surface area contributed by atoms with Gasteiger partial charge in [-0.05, 0) is 75.1 Å². The number of amides is 2. The molecule has 1 aromatic carbocycles. The lowest BCUT2D eigenvalue weighted by molar-refractivity contribution is -0.128. The lowest BCUT2D eigenvalue weighted by atomic mass is 9.78. The number of thiol groups is 1. The minimum atomic E-state index is -0.491. The number of nitrogens with one attached hydrogen (secondary N) is 3. The van der Waals surface area contributed by atoms with Gasteiger partial charge in [0, 0.05) is 36.7 Å². The summed E-state index contributed by atoms with van der Waals surface area (Å²) in [7, 11) is 0. The van der Waals surface area contributed by atoms with E-state index in [1.54, 1.807) is 12.5 Å². The van der Waals surface area contributed by atoms with E-state index in [1.807, 2.05) is 0 Å². The van der Waals surface area contributed by atoms with E-state index in [0.717, 1.165) is 85.9 Å². The number of carbonyl (C=O) groups excluding carboxylic acids is 2. The van der Waals surface area contributed by atoms with Crippen molar-refractivity contribution in [3.8, 4) is 0 Å². The lowest BCUT2D eigenvalue weighted by Gasteiger charge is -2.39. The quantitative estimate of drug-likeness (QED) is 0.359. The summed E-state index contributed by atoms with van der Waals surface area (Å²) in [5.74, 6) is 1.03. The Labute approximate surface area is 210 Å². The second-order valence-electron chi connectivity index (χ2n) is 9.88. The molecular weight excluding hydrogens is 460 g/mol. The van der Waals surface area contributed by atoms with E-state index >= 15 is 0 Å². The van der Waals surface area contributed by atoms with Gasteiger partial charge >= 0.3 is 0 Å². The Kier molecular flexibility index (Phi) is 6.63. The summed E-state index contributed by atoms with van der Waals surface area (Å²) < 4.78 is 0. The molecule has 9 heteroatoms. The number of rotatable bonds is 3. The molecule has 6 rings (SSSR count). The standard InChI is InChI=1S/C25H30N6O2.CH4S/c26-22(32)18-13-29-23(31-11-1-6-25(14-31)7-10-28-24(25)33)20-17-12-16(15-4-8-27-9-5-15)2-3-19(17)30-21(18)20;1-2/h2-3,12-13,15,27,30H,1,4-11,14H2,(H2,26,32)(H,28,33);2H,1H3. The highest BCUT2D eigenvalue weighted by Gasteiger charge is 2.45. The first-order chi connectivity index (χ1) is 17.1. The molecule has 2 amide bonds. The summed E-state index contributed by atoms with van der Waals surface area (Å²) in [5, 5.41) is 8.47. The SMILES string of the molecule is CS.NC(=O)c1cnc(N2CCCC3(CCNC3=O)C2)c2c1[nH]c1ccc(C3CCNCC3)cc12. The summed E-state index contributed by atoms with van der Waals surface area (Å²) in [6.45, 7) is 4.30. The van der Waals surface area contributed by atoms with E-state index in [4.69, 9.17) is 10.7 Å². The average Bonchev–Trinajstić information content (AvgIpc) is 3.45. The zero-order chi connectivity index (χ0) is 24.6. The zero-order valence-corrected chi connectivity index (χ0v) is 21.1. The van der Waals surface area contributed by atoms with Crippen LogP contribution in [0.15, 0.2) is 24.4 Å². The smallest absolute Gasteiger partial charge is 0.252 e. The molecule has 1 spiro atoms. The van der Waals surface area contributed by atoms with Gasteiger partial charge in [0.2, 0.25) is 5.91 Å². The van der Waals surface area contributed by atoms with Crippen molar-refractivity contribution in [2.24, 2.45) is 11.1 Å². The van der Waals surface area contributed by atoms with Crippen LogP contribution in [0.1, 0.15) is 53.9 Å². The van der Waals surface area contributed by atoms with Crippen LogP contribution in [-0.2, 0) is 4.79 Å². The first kappa shape index (κ1) is 23.9. The number of nitrogens with two attached hydrogens (primary N) is 1. The van der Waals surface area contributed by atoms with Crippen molar-refractivity contribution in [1.29, 1.82) is 0 Å². The van der Waals surface area contributed by atoms with Crippen molar-refractivity contribution in [3.63, 3.8) is 0 Å². The van der Waals surface area contributed by atoms with Crippen LogP contribution in [0.4, 0.5) is 5.82 Å². The number of pyridine rings is 1. The molecule has 0 bridgehead atoms. The van der Waals surface area contributed by atoms with Crippen molar-refractivity contribution < 1.29 is 9.59 Å². The molecule has 3 fully saturated rings. The number of anilines is 1. The molecule has 1 atom stereocenters. The third-order valence-corrected chi connectivity index (χ3v) is 7.95. The summed E-state index contributed by atoms with van der Waals surface area (Å²) in [5.41, 5.74) is 8.81. The molecule has 0 aliphatic carbocycles. The Hall–Kier alpha value is -2.78. The van der Waals surface area contributed by atoms with E-state index in [9.17, 15) is 9.59 Å². The van der Waals surface area contributed by atoms with Crippen LogP contribution in [0, 0.1) is 5.41 Å². The normalized spacial score (nSPS) is 22.9. The number of primary amides is 1. The molecule has 35 heavy (non-hydrogen) atoms. The third-order valence-electron chi connectivity index (χ3n) is 7.95. The predicted octanol–water partition coefficient (Wildman–Crippen LogP) is 2.93. The second kappa shape index (κ2) is 9.70. The molecule has 0 radical (unpaired) electrons. The van der Waals surface area contributed by atoms with Gasteiger partial charge in [0.05, 0.1) is 21.9 Å². The van der Waals surface area contributed by atoms with E-state index < -0.39 is 5.91 Å². The second-order valence-corrected chi connectivity index (χ2v) is 9.88. The monoisotopic (exact) mass is 494 g/mol. The van der Waals surface area contributed by atoms with Crippen LogP contribution in [0.5, 0.6) is 0 Å². The number of fused-ring (bicyclic) bond motifs is 3. The Bertz CT molecular complexity index is 1270. The maximum absolute atomic E-state index is 12.7. The van der Waals surface area contributed by atoms with E-state index in [0.29, 0.717) is 18.0 Å². The Morgan fingerprint density at radius 2 is 2.00 bits per heavy atom. The lowest BCUT2D eigenvalue weighted by Crippen LogP contribution is -2.47. The van der Waals surface area contributed by atoms with Gasteiger partial charge in [-0.15, -0.1) is 0 Å². The van der Waals surface area contributed by atoms with Crippen molar-refractivity contribution in [2.45, 2.75) is 38.0 Å². The number of hydrogen-bond acceptors (Lipinski definition) is 6. The van der Waals surface area contributed by atoms with Crippen molar-refractivity contribution >= 4 is 52.1 Å². The summed E-state index contributed by atoms with van der Waals surface area (Å²) in [4.78, 5) is 35.4. The Balaban J connectivity index is 0.00000124. The number of hydrogen-bond donors (Lipinski definition) is 5. The molecule has 1 unspecified atom stereocenters. The van der Waals surface area contributed by atoms with Gasteiger partial charge in [-0.1, -0.05) is 6.07 Å². The Morgan fingerprint density at radius 1 is 1.20 bits per heavy atom. The first-order valence-corrected chi connectivity index (χ1v) is 13.4. The maximum Gasteiger partial charge on any atom is 0.252 e. The van der Waals surface area contributed by atoms with Crippen LogP contribution in [-0.4, -0.2) is 60.8 Å². The molecule has 8 nitrogen and oxygen atoms in total. The number of aromatic nitrogens is 2. The highest BCUT2D eigenvalue weighted by Crippen LogP contribution is 2.42. The fourth-order valence-electron chi connectivity index (χ4n) is 6.15. The fourth-order valence-corrected chi connectivity index (χ4v) is 6.15. The largest absolute Gasteiger partial charge is 0.365 e. The van der Waals surface area contributed by atoms with Crippen molar-refractivity contribution in [1.82, 2.24) is 20.6 Å².